The van der Waals surface area contributed by atoms with Gasteiger partial charge in [-0.05, 0) is 24.3 Å². The Morgan fingerprint density at radius 3 is 2.04 bits per heavy atom. The molecular formula is C17H12F2N2O5S. The van der Waals surface area contributed by atoms with Crippen LogP contribution in [0.25, 0.3) is 0 Å². The Balaban J connectivity index is 1.81. The summed E-state index contributed by atoms with van der Waals surface area (Å²) in [6, 6.07) is 10.7. The topological polar surface area (TPSA) is 101 Å². The Hall–Kier alpha value is -3.14. The third-order valence-corrected chi connectivity index (χ3v) is 5.32. The summed E-state index contributed by atoms with van der Waals surface area (Å²) in [5.74, 6) is -5.90. The maximum absolute atomic E-state index is 12.8. The molecule has 2 aromatic rings. The van der Waals surface area contributed by atoms with Crippen molar-refractivity contribution < 1.29 is 31.6 Å². The minimum Gasteiger partial charge on any atom is -0.323 e. The lowest BCUT2D eigenvalue weighted by atomic mass is 10.1. The number of carbonyl (C=O) groups excluding carboxylic acids is 3. The summed E-state index contributed by atoms with van der Waals surface area (Å²) in [5, 5.41) is 2.17. The van der Waals surface area contributed by atoms with Crippen LogP contribution in [0.4, 0.5) is 14.5 Å². The van der Waals surface area contributed by atoms with Crippen LogP contribution in [-0.2, 0) is 14.6 Å². The van der Waals surface area contributed by atoms with Crippen LogP contribution in [-0.4, -0.2) is 43.3 Å². The van der Waals surface area contributed by atoms with Gasteiger partial charge in [0.05, 0.1) is 21.7 Å². The Morgan fingerprint density at radius 1 is 0.963 bits per heavy atom. The summed E-state index contributed by atoms with van der Waals surface area (Å²) in [5.41, 5.74) is -0.0636. The average Bonchev–Trinajstić information content (AvgIpc) is 2.87. The molecule has 140 valence electrons. The summed E-state index contributed by atoms with van der Waals surface area (Å²) in [4.78, 5) is 36.6. The van der Waals surface area contributed by atoms with Gasteiger partial charge in [0.25, 0.3) is 11.8 Å². The minimum absolute atomic E-state index is 0.149. The highest BCUT2D eigenvalue weighted by Crippen LogP contribution is 2.27. The number of hydrogen-bond donors (Lipinski definition) is 1. The number of para-hydroxylation sites is 1. The quantitative estimate of drug-likeness (QED) is 0.781. The van der Waals surface area contributed by atoms with E-state index in [2.05, 4.69) is 5.32 Å². The third-order valence-electron chi connectivity index (χ3n) is 3.88. The summed E-state index contributed by atoms with van der Waals surface area (Å²) < 4.78 is 49.0. The molecule has 3 amide bonds. The molecule has 7 nitrogen and oxygen atoms in total. The second-order valence-corrected chi connectivity index (χ2v) is 7.48. The van der Waals surface area contributed by atoms with Crippen LogP contribution < -0.4 is 5.32 Å². The van der Waals surface area contributed by atoms with Crippen LogP contribution >= 0.6 is 0 Å². The van der Waals surface area contributed by atoms with Gasteiger partial charge in [-0.15, -0.1) is 0 Å². The lowest BCUT2D eigenvalue weighted by molar-refractivity contribution is -0.116. The second kappa shape index (κ2) is 6.88. The highest BCUT2D eigenvalue weighted by atomic mass is 32.2. The SMILES string of the molecule is O=C(CN1C(=O)c2ccccc2C1=O)Nc1ccccc1S(=O)(=O)C(F)F. The van der Waals surface area contributed by atoms with Gasteiger partial charge in [0.2, 0.25) is 15.7 Å². The zero-order valence-corrected chi connectivity index (χ0v) is 14.4. The number of benzene rings is 2. The molecule has 1 aliphatic heterocycles. The summed E-state index contributed by atoms with van der Waals surface area (Å²) in [6.07, 6.45) is 0. The van der Waals surface area contributed by atoms with Gasteiger partial charge in [0.15, 0.2) is 0 Å². The molecular weight excluding hydrogens is 382 g/mol. The summed E-state index contributed by atoms with van der Waals surface area (Å²) in [6.45, 7) is -0.685. The molecule has 0 saturated carbocycles. The van der Waals surface area contributed by atoms with Gasteiger partial charge in [-0.1, -0.05) is 24.3 Å². The van der Waals surface area contributed by atoms with Crippen molar-refractivity contribution in [2.75, 3.05) is 11.9 Å². The molecule has 2 aromatic carbocycles. The molecule has 27 heavy (non-hydrogen) atoms. The van der Waals surface area contributed by atoms with Gasteiger partial charge in [0, 0.05) is 0 Å². The first-order valence-corrected chi connectivity index (χ1v) is 9.14. The van der Waals surface area contributed by atoms with Crippen LogP contribution in [0.1, 0.15) is 20.7 Å². The first-order chi connectivity index (χ1) is 12.7. The highest BCUT2D eigenvalue weighted by molar-refractivity contribution is 7.91. The maximum Gasteiger partial charge on any atom is 0.341 e. The Bertz CT molecular complexity index is 1020. The van der Waals surface area contributed by atoms with Crippen LogP contribution in [0.3, 0.4) is 0 Å². The summed E-state index contributed by atoms with van der Waals surface area (Å²) >= 11 is 0. The van der Waals surface area contributed by atoms with E-state index in [0.29, 0.717) is 4.90 Å². The Kier molecular flexibility index (Phi) is 4.75. The fraction of sp³-hybridized carbons (Fsp3) is 0.118. The molecule has 1 heterocycles. The van der Waals surface area contributed by atoms with Gasteiger partial charge in [-0.2, -0.15) is 8.78 Å². The molecule has 0 saturated heterocycles. The lowest BCUT2D eigenvalue weighted by Gasteiger charge is -2.15. The zero-order valence-electron chi connectivity index (χ0n) is 13.6. The molecule has 0 bridgehead atoms. The van der Waals surface area contributed by atoms with Crippen molar-refractivity contribution in [1.29, 1.82) is 0 Å². The number of nitrogens with one attached hydrogen (secondary N) is 1. The first kappa shape index (κ1) is 18.6. The van der Waals surface area contributed by atoms with E-state index in [9.17, 15) is 31.6 Å². The van der Waals surface area contributed by atoms with Crippen LogP contribution in [0, 0.1) is 0 Å². The van der Waals surface area contributed by atoms with Gasteiger partial charge in [-0.25, -0.2) is 8.42 Å². The normalized spacial score (nSPS) is 13.8. The van der Waals surface area contributed by atoms with Crippen molar-refractivity contribution in [2.24, 2.45) is 0 Å². The number of hydrogen-bond acceptors (Lipinski definition) is 5. The standard InChI is InChI=1S/C17H12F2N2O5S/c18-17(19)27(25,26)13-8-4-3-7-12(13)20-14(22)9-21-15(23)10-5-1-2-6-11(10)16(21)24/h1-8,17H,9H2,(H,20,22). The van der Waals surface area contributed by atoms with Crippen molar-refractivity contribution in [3.63, 3.8) is 0 Å². The fourth-order valence-corrected chi connectivity index (χ4v) is 3.52. The van der Waals surface area contributed by atoms with Crippen molar-refractivity contribution in [1.82, 2.24) is 4.90 Å². The first-order valence-electron chi connectivity index (χ1n) is 7.59. The van der Waals surface area contributed by atoms with E-state index >= 15 is 0 Å². The maximum atomic E-state index is 12.8. The number of carbonyl (C=O) groups is 3. The van der Waals surface area contributed by atoms with Gasteiger partial charge in [-0.3, -0.25) is 19.3 Å². The van der Waals surface area contributed by atoms with Crippen LogP contribution in [0.5, 0.6) is 0 Å². The van der Waals surface area contributed by atoms with Crippen molar-refractivity contribution in [2.45, 2.75) is 10.7 Å². The number of alkyl halides is 2. The molecule has 0 aliphatic carbocycles. The number of imide groups is 1. The molecule has 0 aromatic heterocycles. The fourth-order valence-electron chi connectivity index (χ4n) is 2.63. The molecule has 0 spiro atoms. The predicted molar refractivity (Wildman–Crippen MR) is 90.1 cm³/mol. The number of amides is 3. The van der Waals surface area contributed by atoms with Gasteiger partial charge < -0.3 is 5.32 Å². The number of anilines is 1. The monoisotopic (exact) mass is 394 g/mol. The number of sulfone groups is 1. The molecule has 0 atom stereocenters. The Labute approximate surface area is 152 Å². The van der Waals surface area contributed by atoms with E-state index in [0.717, 1.165) is 12.1 Å². The van der Waals surface area contributed by atoms with E-state index in [1.165, 1.54) is 24.3 Å². The molecule has 0 radical (unpaired) electrons. The predicted octanol–water partition coefficient (Wildman–Crippen LogP) is 1.92. The largest absolute Gasteiger partial charge is 0.341 e. The van der Waals surface area contributed by atoms with Crippen LogP contribution in [0.2, 0.25) is 0 Å². The van der Waals surface area contributed by atoms with E-state index in [4.69, 9.17) is 0 Å². The van der Waals surface area contributed by atoms with E-state index in [1.807, 2.05) is 0 Å². The van der Waals surface area contributed by atoms with E-state index in [-0.39, 0.29) is 16.8 Å². The van der Waals surface area contributed by atoms with Crippen LogP contribution in [0.15, 0.2) is 53.4 Å². The number of nitrogens with zero attached hydrogens (tertiary/aromatic N) is 1. The molecule has 0 unspecified atom stereocenters. The smallest absolute Gasteiger partial charge is 0.323 e. The van der Waals surface area contributed by atoms with Gasteiger partial charge in [0.1, 0.15) is 6.54 Å². The molecule has 0 fully saturated rings. The number of fused-ring (bicyclic) bond motifs is 1. The van der Waals surface area contributed by atoms with Gasteiger partial charge >= 0.3 is 5.76 Å². The molecule has 10 heteroatoms. The van der Waals surface area contributed by atoms with E-state index < -0.39 is 44.8 Å². The lowest BCUT2D eigenvalue weighted by Crippen LogP contribution is -2.37. The number of rotatable bonds is 5. The zero-order chi connectivity index (χ0) is 19.8. The van der Waals surface area contributed by atoms with Crippen molar-refractivity contribution in [3.8, 4) is 0 Å². The summed E-state index contributed by atoms with van der Waals surface area (Å²) in [7, 11) is -4.94. The number of halogens is 2. The Morgan fingerprint density at radius 2 is 1.48 bits per heavy atom. The third kappa shape index (κ3) is 3.31. The minimum atomic E-state index is -4.94. The van der Waals surface area contributed by atoms with Crippen molar-refractivity contribution in [3.05, 3.63) is 59.7 Å². The molecule has 1 N–H and O–H groups in total. The average molecular weight is 394 g/mol. The highest BCUT2D eigenvalue weighted by Gasteiger charge is 2.36. The van der Waals surface area contributed by atoms with Crippen molar-refractivity contribution >= 4 is 33.2 Å². The second-order valence-electron chi connectivity index (χ2n) is 5.59. The van der Waals surface area contributed by atoms with E-state index in [1.54, 1.807) is 12.1 Å². The molecule has 1 aliphatic rings. The molecule has 3 rings (SSSR count).